The highest BCUT2D eigenvalue weighted by molar-refractivity contribution is 5.27. The minimum Gasteiger partial charge on any atom is -0.497 e. The molecule has 1 heterocycles. The van der Waals surface area contributed by atoms with Crippen molar-refractivity contribution >= 4 is 0 Å². The zero-order valence-electron chi connectivity index (χ0n) is 9.72. The molecule has 0 spiro atoms. The van der Waals surface area contributed by atoms with Crippen molar-refractivity contribution in [2.75, 3.05) is 26.8 Å². The first-order chi connectivity index (χ1) is 7.81. The van der Waals surface area contributed by atoms with Crippen LogP contribution in [0, 0.1) is 5.92 Å². The molecule has 1 aliphatic heterocycles. The molecule has 0 aromatic heterocycles. The van der Waals surface area contributed by atoms with E-state index in [0.717, 1.165) is 31.8 Å². The van der Waals surface area contributed by atoms with Crippen molar-refractivity contribution in [3.05, 3.63) is 29.8 Å². The van der Waals surface area contributed by atoms with Crippen molar-refractivity contribution in [3.8, 4) is 5.75 Å². The molecule has 0 amide bonds. The second-order valence-electron chi connectivity index (χ2n) is 4.42. The number of hydrogen-bond donors (Lipinski definition) is 1. The molecule has 16 heavy (non-hydrogen) atoms. The van der Waals surface area contributed by atoms with Crippen LogP contribution >= 0.6 is 0 Å². The quantitative estimate of drug-likeness (QED) is 0.836. The zero-order chi connectivity index (χ0) is 11.4. The van der Waals surface area contributed by atoms with E-state index in [9.17, 15) is 0 Å². The lowest BCUT2D eigenvalue weighted by molar-refractivity contribution is 0.220. The van der Waals surface area contributed by atoms with Gasteiger partial charge in [0.25, 0.3) is 0 Å². The first-order valence-corrected chi connectivity index (χ1v) is 5.78. The van der Waals surface area contributed by atoms with E-state index in [0.29, 0.717) is 12.5 Å². The van der Waals surface area contributed by atoms with Crippen LogP contribution in [-0.4, -0.2) is 36.8 Å². The largest absolute Gasteiger partial charge is 0.497 e. The number of likely N-dealkylation sites (tertiary alicyclic amines) is 1. The Morgan fingerprint density at radius 2 is 2.12 bits per heavy atom. The molecule has 1 fully saturated rings. The number of ether oxygens (including phenoxy) is 1. The summed E-state index contributed by atoms with van der Waals surface area (Å²) < 4.78 is 5.13. The number of rotatable bonds is 4. The molecule has 0 aliphatic carbocycles. The maximum atomic E-state index is 9.07. The third-order valence-corrected chi connectivity index (χ3v) is 3.19. The van der Waals surface area contributed by atoms with Crippen LogP contribution in [-0.2, 0) is 6.54 Å². The summed E-state index contributed by atoms with van der Waals surface area (Å²) >= 11 is 0. The normalized spacial score (nSPS) is 21.2. The summed E-state index contributed by atoms with van der Waals surface area (Å²) in [5.41, 5.74) is 1.30. The Labute approximate surface area is 96.6 Å². The van der Waals surface area contributed by atoms with Gasteiger partial charge in [0.15, 0.2) is 0 Å². The molecule has 0 saturated carbocycles. The standard InChI is InChI=1S/C13H19NO2/c1-16-13-4-2-11(3-5-13)8-14-7-6-12(9-14)10-15/h2-5,12,15H,6-10H2,1H3. The molecule has 88 valence electrons. The minimum absolute atomic E-state index is 0.319. The van der Waals surface area contributed by atoms with Gasteiger partial charge in [0.2, 0.25) is 0 Å². The third-order valence-electron chi connectivity index (χ3n) is 3.19. The number of hydrogen-bond acceptors (Lipinski definition) is 3. The molecule has 3 nitrogen and oxygen atoms in total. The number of nitrogens with zero attached hydrogens (tertiary/aromatic N) is 1. The Hall–Kier alpha value is -1.06. The van der Waals surface area contributed by atoms with Crippen LogP contribution in [0.25, 0.3) is 0 Å². The molecule has 3 heteroatoms. The molecule has 1 aromatic rings. The Kier molecular flexibility index (Phi) is 3.80. The van der Waals surface area contributed by atoms with Crippen molar-refractivity contribution in [2.45, 2.75) is 13.0 Å². The third kappa shape index (κ3) is 2.74. The second-order valence-corrected chi connectivity index (χ2v) is 4.42. The summed E-state index contributed by atoms with van der Waals surface area (Å²) in [5, 5.41) is 9.07. The Morgan fingerprint density at radius 1 is 1.38 bits per heavy atom. The summed E-state index contributed by atoms with van der Waals surface area (Å²) in [5.74, 6) is 1.37. The molecule has 2 rings (SSSR count). The van der Waals surface area contributed by atoms with E-state index in [1.807, 2.05) is 12.1 Å². The number of methoxy groups -OCH3 is 1. The average Bonchev–Trinajstić information content (AvgIpc) is 2.78. The van der Waals surface area contributed by atoms with Gasteiger partial charge < -0.3 is 9.84 Å². The van der Waals surface area contributed by atoms with Gasteiger partial charge in [-0.3, -0.25) is 4.90 Å². The topological polar surface area (TPSA) is 32.7 Å². The lowest BCUT2D eigenvalue weighted by Gasteiger charge is -2.15. The molecule has 0 bridgehead atoms. The summed E-state index contributed by atoms with van der Waals surface area (Å²) in [7, 11) is 1.68. The zero-order valence-corrected chi connectivity index (χ0v) is 9.72. The fourth-order valence-electron chi connectivity index (χ4n) is 2.19. The fourth-order valence-corrected chi connectivity index (χ4v) is 2.19. The highest BCUT2D eigenvalue weighted by Gasteiger charge is 2.21. The van der Waals surface area contributed by atoms with Gasteiger partial charge in [-0.25, -0.2) is 0 Å². The monoisotopic (exact) mass is 221 g/mol. The molecule has 0 radical (unpaired) electrons. The van der Waals surface area contributed by atoms with E-state index in [1.54, 1.807) is 7.11 Å². The van der Waals surface area contributed by atoms with Crippen LogP contribution in [0.2, 0.25) is 0 Å². The maximum Gasteiger partial charge on any atom is 0.118 e. The van der Waals surface area contributed by atoms with Gasteiger partial charge >= 0.3 is 0 Å². The van der Waals surface area contributed by atoms with Crippen LogP contribution < -0.4 is 4.74 Å². The van der Waals surface area contributed by atoms with Gasteiger partial charge in [0, 0.05) is 19.7 Å². The first-order valence-electron chi connectivity index (χ1n) is 5.78. The molecule has 1 saturated heterocycles. The highest BCUT2D eigenvalue weighted by atomic mass is 16.5. The van der Waals surface area contributed by atoms with E-state index in [4.69, 9.17) is 9.84 Å². The summed E-state index contributed by atoms with van der Waals surface area (Å²) in [6, 6.07) is 8.19. The molecule has 1 unspecified atom stereocenters. The number of aliphatic hydroxyl groups excluding tert-OH is 1. The smallest absolute Gasteiger partial charge is 0.118 e. The van der Waals surface area contributed by atoms with Crippen molar-refractivity contribution in [1.29, 1.82) is 0 Å². The Bertz CT molecular complexity index is 323. The lowest BCUT2D eigenvalue weighted by Crippen LogP contribution is -2.20. The predicted octanol–water partition coefficient (Wildman–Crippen LogP) is 1.51. The van der Waals surface area contributed by atoms with Crippen molar-refractivity contribution in [3.63, 3.8) is 0 Å². The number of aliphatic hydroxyl groups is 1. The molecule has 1 aliphatic rings. The molecule has 1 aromatic carbocycles. The lowest BCUT2D eigenvalue weighted by atomic mass is 10.1. The molecular formula is C13H19NO2. The van der Waals surface area contributed by atoms with Gasteiger partial charge in [0.05, 0.1) is 7.11 Å². The minimum atomic E-state index is 0.319. The fraction of sp³-hybridized carbons (Fsp3) is 0.538. The predicted molar refractivity (Wildman–Crippen MR) is 63.5 cm³/mol. The summed E-state index contributed by atoms with van der Waals surface area (Å²) in [4.78, 5) is 2.39. The van der Waals surface area contributed by atoms with Crippen molar-refractivity contribution < 1.29 is 9.84 Å². The van der Waals surface area contributed by atoms with Crippen molar-refractivity contribution in [2.24, 2.45) is 5.92 Å². The number of benzene rings is 1. The van der Waals surface area contributed by atoms with Gasteiger partial charge in [0.1, 0.15) is 5.75 Å². The van der Waals surface area contributed by atoms with E-state index in [2.05, 4.69) is 17.0 Å². The van der Waals surface area contributed by atoms with Gasteiger partial charge in [-0.2, -0.15) is 0 Å². The van der Waals surface area contributed by atoms with Crippen LogP contribution in [0.15, 0.2) is 24.3 Å². The summed E-state index contributed by atoms with van der Waals surface area (Å²) in [6.45, 7) is 3.40. The second kappa shape index (κ2) is 5.32. The van der Waals surface area contributed by atoms with Crippen LogP contribution in [0.5, 0.6) is 5.75 Å². The first kappa shape index (κ1) is 11.4. The van der Waals surface area contributed by atoms with Gasteiger partial charge in [-0.15, -0.1) is 0 Å². The van der Waals surface area contributed by atoms with Gasteiger partial charge in [-0.1, -0.05) is 12.1 Å². The molecule has 1 N–H and O–H groups in total. The van der Waals surface area contributed by atoms with E-state index in [1.165, 1.54) is 5.56 Å². The Morgan fingerprint density at radius 3 is 2.69 bits per heavy atom. The van der Waals surface area contributed by atoms with Crippen molar-refractivity contribution in [1.82, 2.24) is 4.90 Å². The average molecular weight is 221 g/mol. The SMILES string of the molecule is COc1ccc(CN2CCC(CO)C2)cc1. The van der Waals surface area contributed by atoms with E-state index in [-0.39, 0.29) is 0 Å². The molecular weight excluding hydrogens is 202 g/mol. The highest BCUT2D eigenvalue weighted by Crippen LogP contribution is 2.19. The van der Waals surface area contributed by atoms with Crippen LogP contribution in [0.1, 0.15) is 12.0 Å². The van der Waals surface area contributed by atoms with Crippen LogP contribution in [0.4, 0.5) is 0 Å². The van der Waals surface area contributed by atoms with Gasteiger partial charge in [-0.05, 0) is 36.6 Å². The van der Waals surface area contributed by atoms with E-state index < -0.39 is 0 Å². The molecule has 1 atom stereocenters. The summed E-state index contributed by atoms with van der Waals surface area (Å²) in [6.07, 6.45) is 1.12. The maximum absolute atomic E-state index is 9.07. The Balaban J connectivity index is 1.89. The van der Waals surface area contributed by atoms with Crippen LogP contribution in [0.3, 0.4) is 0 Å². The van der Waals surface area contributed by atoms with E-state index >= 15 is 0 Å².